The van der Waals surface area contributed by atoms with Crippen molar-refractivity contribution < 1.29 is 14.6 Å². The molecule has 0 saturated carbocycles. The summed E-state index contributed by atoms with van der Waals surface area (Å²) in [6.07, 6.45) is 2.34. The van der Waals surface area contributed by atoms with Gasteiger partial charge in [-0.15, -0.1) is 0 Å². The average Bonchev–Trinajstić information content (AvgIpc) is 2.78. The fraction of sp³-hybridized carbons (Fsp3) is 0.370. The molecule has 172 valence electrons. The van der Waals surface area contributed by atoms with E-state index < -0.39 is 11.2 Å². The molecule has 1 saturated heterocycles. The number of carbonyl (C=O) groups excluding carboxylic acids is 1. The lowest BCUT2D eigenvalue weighted by atomic mass is 9.80. The fourth-order valence-electron chi connectivity index (χ4n) is 4.62. The van der Waals surface area contributed by atoms with Gasteiger partial charge < -0.3 is 14.7 Å². The number of hydrogen-bond acceptors (Lipinski definition) is 5. The quantitative estimate of drug-likeness (QED) is 0.549. The number of ether oxygens (including phenoxy) is 1. The minimum atomic E-state index is -0.973. The van der Waals surface area contributed by atoms with Crippen LogP contribution in [-0.2, 0) is 10.3 Å². The van der Waals surface area contributed by atoms with Crippen LogP contribution in [0.25, 0.3) is 11.3 Å². The van der Waals surface area contributed by atoms with Gasteiger partial charge in [0.25, 0.3) is 0 Å². The van der Waals surface area contributed by atoms with Crippen molar-refractivity contribution in [2.45, 2.75) is 57.8 Å². The minimum Gasteiger partial charge on any atom is -0.438 e. The Morgan fingerprint density at radius 2 is 1.82 bits per heavy atom. The van der Waals surface area contributed by atoms with Crippen molar-refractivity contribution in [2.75, 3.05) is 6.54 Å². The normalized spacial score (nSPS) is 19.8. The first-order valence-electron chi connectivity index (χ1n) is 11.3. The topological polar surface area (TPSA) is 75.6 Å². The van der Waals surface area contributed by atoms with Crippen LogP contribution in [0, 0.1) is 6.92 Å². The van der Waals surface area contributed by atoms with Crippen molar-refractivity contribution >= 4 is 6.09 Å². The van der Waals surface area contributed by atoms with E-state index in [1.807, 2.05) is 74.5 Å². The molecule has 3 aromatic rings. The molecule has 0 aliphatic carbocycles. The number of amides is 1. The second kappa shape index (κ2) is 8.94. The maximum Gasteiger partial charge on any atom is 0.411 e. The largest absolute Gasteiger partial charge is 0.438 e. The van der Waals surface area contributed by atoms with Crippen LogP contribution in [0.1, 0.15) is 56.6 Å². The van der Waals surface area contributed by atoms with Crippen LogP contribution in [0.15, 0.2) is 66.9 Å². The van der Waals surface area contributed by atoms with Crippen molar-refractivity contribution in [3.05, 3.63) is 83.8 Å². The first kappa shape index (κ1) is 22.9. The summed E-state index contributed by atoms with van der Waals surface area (Å²) in [5.41, 5.74) is 2.00. The van der Waals surface area contributed by atoms with E-state index >= 15 is 0 Å². The molecular formula is C27H31N3O3. The van der Waals surface area contributed by atoms with Crippen molar-refractivity contribution in [1.29, 1.82) is 0 Å². The van der Waals surface area contributed by atoms with Gasteiger partial charge in [-0.3, -0.25) is 0 Å². The highest BCUT2D eigenvalue weighted by Crippen LogP contribution is 2.42. The molecule has 1 aliphatic heterocycles. The molecule has 2 aromatic carbocycles. The van der Waals surface area contributed by atoms with E-state index in [1.54, 1.807) is 24.9 Å². The van der Waals surface area contributed by atoms with Gasteiger partial charge in [0.15, 0.2) is 0 Å². The molecule has 0 spiro atoms. The number of carbonyl (C=O) groups is 1. The number of benzene rings is 2. The van der Waals surface area contributed by atoms with Crippen LogP contribution in [-0.4, -0.2) is 38.2 Å². The van der Waals surface area contributed by atoms with E-state index in [0.29, 0.717) is 19.4 Å². The average molecular weight is 446 g/mol. The molecule has 2 atom stereocenters. The smallest absolute Gasteiger partial charge is 0.411 e. The Hall–Kier alpha value is -3.25. The van der Waals surface area contributed by atoms with Crippen LogP contribution >= 0.6 is 0 Å². The van der Waals surface area contributed by atoms with E-state index in [1.165, 1.54) is 0 Å². The number of rotatable bonds is 6. The molecule has 6 heteroatoms. The molecule has 1 aromatic heterocycles. The van der Waals surface area contributed by atoms with Crippen molar-refractivity contribution in [3.63, 3.8) is 0 Å². The van der Waals surface area contributed by atoms with Crippen LogP contribution in [0.5, 0.6) is 0 Å². The summed E-state index contributed by atoms with van der Waals surface area (Å²) in [5, 5.41) is 10.6. The Morgan fingerprint density at radius 1 is 1.12 bits per heavy atom. The third-order valence-corrected chi connectivity index (χ3v) is 6.22. The monoisotopic (exact) mass is 445 g/mol. The SMILES string of the molecule is Cc1nccc(-c2ccc([C@H](C)N3CCC(CC(C)(C)O)(c4ccccc4)OC3=O)cc2)n1. The summed E-state index contributed by atoms with van der Waals surface area (Å²) in [7, 11) is 0. The van der Waals surface area contributed by atoms with Gasteiger partial charge in [0.1, 0.15) is 11.4 Å². The lowest BCUT2D eigenvalue weighted by molar-refractivity contribution is -0.101. The molecular weight excluding hydrogens is 414 g/mol. The Bertz CT molecular complexity index is 1110. The third kappa shape index (κ3) is 5.06. The third-order valence-electron chi connectivity index (χ3n) is 6.22. The standard InChI is InChI=1S/C27H31N3O3/c1-19(21-10-12-22(13-11-21)24-14-16-28-20(2)29-24)30-17-15-27(33-25(30)31,18-26(3,4)32)23-8-6-5-7-9-23/h5-14,16,19,32H,15,17-18H2,1-4H3/t19-,27?/m0/s1. The summed E-state index contributed by atoms with van der Waals surface area (Å²) in [6, 6.07) is 19.6. The molecule has 1 N–H and O–H groups in total. The molecule has 1 unspecified atom stereocenters. The van der Waals surface area contributed by atoms with E-state index in [9.17, 15) is 9.90 Å². The van der Waals surface area contributed by atoms with E-state index in [4.69, 9.17) is 4.74 Å². The van der Waals surface area contributed by atoms with Gasteiger partial charge in [0, 0.05) is 31.1 Å². The summed E-state index contributed by atoms with van der Waals surface area (Å²) in [5.74, 6) is 0.731. The van der Waals surface area contributed by atoms with Crippen molar-refractivity contribution in [3.8, 4) is 11.3 Å². The number of aryl methyl sites for hydroxylation is 1. The zero-order valence-corrected chi connectivity index (χ0v) is 19.7. The highest BCUT2D eigenvalue weighted by Gasteiger charge is 2.46. The number of aromatic nitrogens is 2. The van der Waals surface area contributed by atoms with Gasteiger partial charge in [0.2, 0.25) is 0 Å². The van der Waals surface area contributed by atoms with Gasteiger partial charge in [0.05, 0.1) is 17.3 Å². The van der Waals surface area contributed by atoms with E-state index in [-0.39, 0.29) is 12.1 Å². The molecule has 6 nitrogen and oxygen atoms in total. The highest BCUT2D eigenvalue weighted by molar-refractivity contribution is 5.70. The van der Waals surface area contributed by atoms with Crippen LogP contribution in [0.4, 0.5) is 4.79 Å². The summed E-state index contributed by atoms with van der Waals surface area (Å²) in [4.78, 5) is 23.6. The summed E-state index contributed by atoms with van der Waals surface area (Å²) >= 11 is 0. The summed E-state index contributed by atoms with van der Waals surface area (Å²) < 4.78 is 6.11. The Morgan fingerprint density at radius 3 is 2.42 bits per heavy atom. The van der Waals surface area contributed by atoms with Gasteiger partial charge in [-0.05, 0) is 44.9 Å². The fourth-order valence-corrected chi connectivity index (χ4v) is 4.62. The van der Waals surface area contributed by atoms with Gasteiger partial charge in [-0.25, -0.2) is 14.8 Å². The summed E-state index contributed by atoms with van der Waals surface area (Å²) in [6.45, 7) is 7.92. The maximum absolute atomic E-state index is 13.2. The number of aliphatic hydroxyl groups is 1. The Kier molecular flexibility index (Phi) is 6.21. The van der Waals surface area contributed by atoms with Crippen LogP contribution in [0.3, 0.4) is 0 Å². The molecule has 1 aliphatic rings. The number of cyclic esters (lactones) is 1. The molecule has 4 rings (SSSR count). The predicted octanol–water partition coefficient (Wildman–Crippen LogP) is 5.41. The zero-order chi connectivity index (χ0) is 23.6. The Labute approximate surface area is 195 Å². The van der Waals surface area contributed by atoms with E-state index in [2.05, 4.69) is 9.97 Å². The first-order valence-corrected chi connectivity index (χ1v) is 11.3. The Balaban J connectivity index is 1.53. The second-order valence-electron chi connectivity index (χ2n) is 9.45. The molecule has 0 bridgehead atoms. The molecule has 2 heterocycles. The number of hydrogen-bond donors (Lipinski definition) is 1. The molecule has 33 heavy (non-hydrogen) atoms. The van der Waals surface area contributed by atoms with Gasteiger partial charge in [-0.2, -0.15) is 0 Å². The predicted molar refractivity (Wildman–Crippen MR) is 127 cm³/mol. The minimum absolute atomic E-state index is 0.144. The van der Waals surface area contributed by atoms with E-state index in [0.717, 1.165) is 28.2 Å². The zero-order valence-electron chi connectivity index (χ0n) is 19.7. The maximum atomic E-state index is 13.2. The molecule has 1 amide bonds. The molecule has 0 radical (unpaired) electrons. The van der Waals surface area contributed by atoms with Crippen LogP contribution < -0.4 is 0 Å². The van der Waals surface area contributed by atoms with Gasteiger partial charge in [-0.1, -0.05) is 54.6 Å². The molecule has 1 fully saturated rings. The van der Waals surface area contributed by atoms with Crippen molar-refractivity contribution in [2.24, 2.45) is 0 Å². The first-order chi connectivity index (χ1) is 15.7. The second-order valence-corrected chi connectivity index (χ2v) is 9.45. The highest BCUT2D eigenvalue weighted by atomic mass is 16.6. The number of nitrogens with zero attached hydrogens (tertiary/aromatic N) is 3. The lowest BCUT2D eigenvalue weighted by Gasteiger charge is -2.45. The van der Waals surface area contributed by atoms with Gasteiger partial charge >= 0.3 is 6.09 Å². The van der Waals surface area contributed by atoms with Crippen LogP contribution in [0.2, 0.25) is 0 Å². The lowest BCUT2D eigenvalue weighted by Crippen LogP contribution is -2.51. The van der Waals surface area contributed by atoms with Crippen molar-refractivity contribution in [1.82, 2.24) is 14.9 Å².